The van der Waals surface area contributed by atoms with Gasteiger partial charge in [-0.15, -0.1) is 0 Å². The summed E-state index contributed by atoms with van der Waals surface area (Å²) in [5, 5.41) is 7.13. The molecule has 0 aromatic carbocycles. The molecule has 4 aromatic heterocycles. The van der Waals surface area contributed by atoms with Crippen LogP contribution in [0.25, 0.3) is 22.3 Å². The van der Waals surface area contributed by atoms with Crippen molar-refractivity contribution in [3.63, 3.8) is 0 Å². The highest BCUT2D eigenvalue weighted by molar-refractivity contribution is 6.06. The minimum atomic E-state index is -0.106. The number of nitrogens with one attached hydrogen (secondary N) is 2. The Morgan fingerprint density at radius 3 is 2.89 bits per heavy atom. The van der Waals surface area contributed by atoms with Crippen molar-refractivity contribution in [3.8, 4) is 11.3 Å². The first-order valence-electron chi connectivity index (χ1n) is 8.61. The summed E-state index contributed by atoms with van der Waals surface area (Å²) in [4.78, 5) is 25.9. The average Bonchev–Trinajstić information content (AvgIpc) is 3.27. The number of carbonyl (C=O) groups excluding carboxylic acids is 1. The zero-order valence-corrected chi connectivity index (χ0v) is 14.6. The first-order chi connectivity index (χ1) is 13.2. The van der Waals surface area contributed by atoms with Crippen LogP contribution in [0.2, 0.25) is 0 Å². The zero-order chi connectivity index (χ0) is 18.4. The monoisotopic (exact) mass is 356 g/mol. The highest BCUT2D eigenvalue weighted by Crippen LogP contribution is 2.35. The van der Waals surface area contributed by atoms with Gasteiger partial charge in [0.2, 0.25) is 0 Å². The quantitative estimate of drug-likeness (QED) is 0.589. The number of aryl methyl sites for hydroxylation is 1. The molecule has 7 nitrogen and oxygen atoms in total. The summed E-state index contributed by atoms with van der Waals surface area (Å²) in [6, 6.07) is 9.55. The number of fused-ring (bicyclic) bond motifs is 2. The second kappa shape index (κ2) is 5.91. The van der Waals surface area contributed by atoms with Gasteiger partial charge in [-0.25, -0.2) is 9.97 Å². The van der Waals surface area contributed by atoms with Gasteiger partial charge in [-0.1, -0.05) is 6.07 Å². The molecule has 0 aliphatic carbocycles. The molecule has 1 aliphatic heterocycles. The van der Waals surface area contributed by atoms with Crippen LogP contribution in [0, 0.1) is 0 Å². The Labute approximate surface area is 155 Å². The first-order valence-corrected chi connectivity index (χ1v) is 8.61. The third-order valence-corrected chi connectivity index (χ3v) is 4.78. The topological polar surface area (TPSA) is 84.7 Å². The van der Waals surface area contributed by atoms with E-state index in [9.17, 15) is 4.79 Å². The molecule has 0 atom stereocenters. The van der Waals surface area contributed by atoms with Gasteiger partial charge in [-0.05, 0) is 24.3 Å². The molecule has 0 bridgehead atoms. The predicted molar refractivity (Wildman–Crippen MR) is 103 cm³/mol. The highest BCUT2D eigenvalue weighted by Gasteiger charge is 2.28. The molecule has 7 heteroatoms. The normalized spacial score (nSPS) is 12.9. The summed E-state index contributed by atoms with van der Waals surface area (Å²) in [5.74, 6) is 0.564. The minimum Gasteiger partial charge on any atom is -0.348 e. The van der Waals surface area contributed by atoms with Gasteiger partial charge in [0.15, 0.2) is 0 Å². The number of anilines is 2. The van der Waals surface area contributed by atoms with E-state index in [-0.39, 0.29) is 5.91 Å². The Morgan fingerprint density at radius 1 is 1.11 bits per heavy atom. The van der Waals surface area contributed by atoms with Crippen LogP contribution in [0.1, 0.15) is 15.9 Å². The summed E-state index contributed by atoms with van der Waals surface area (Å²) >= 11 is 0. The van der Waals surface area contributed by atoms with Crippen molar-refractivity contribution < 1.29 is 4.79 Å². The number of carbonyl (C=O) groups is 1. The maximum Gasteiger partial charge on any atom is 0.254 e. The van der Waals surface area contributed by atoms with Crippen molar-refractivity contribution in [2.75, 3.05) is 5.32 Å². The molecule has 2 N–H and O–H groups in total. The van der Waals surface area contributed by atoms with E-state index in [1.807, 2.05) is 48.1 Å². The van der Waals surface area contributed by atoms with Crippen molar-refractivity contribution >= 4 is 28.4 Å². The van der Waals surface area contributed by atoms with Crippen LogP contribution in [0.5, 0.6) is 0 Å². The first kappa shape index (κ1) is 15.5. The van der Waals surface area contributed by atoms with Crippen molar-refractivity contribution in [2.45, 2.75) is 6.54 Å². The van der Waals surface area contributed by atoms with Crippen LogP contribution >= 0.6 is 0 Å². The smallest absolute Gasteiger partial charge is 0.254 e. The lowest BCUT2D eigenvalue weighted by Crippen LogP contribution is -2.13. The van der Waals surface area contributed by atoms with Crippen LogP contribution < -0.4 is 10.6 Å². The minimum absolute atomic E-state index is 0.106. The molecular weight excluding hydrogens is 340 g/mol. The van der Waals surface area contributed by atoms with E-state index in [0.717, 1.165) is 27.9 Å². The lowest BCUT2D eigenvalue weighted by molar-refractivity contribution is 0.0966. The summed E-state index contributed by atoms with van der Waals surface area (Å²) in [5.41, 5.74) is 4.81. The van der Waals surface area contributed by atoms with E-state index in [1.165, 1.54) is 0 Å². The van der Waals surface area contributed by atoms with Gasteiger partial charge in [0, 0.05) is 48.7 Å². The lowest BCUT2D eigenvalue weighted by Gasteiger charge is -2.12. The second-order valence-electron chi connectivity index (χ2n) is 6.42. The Morgan fingerprint density at radius 2 is 2.04 bits per heavy atom. The highest BCUT2D eigenvalue weighted by atomic mass is 16.1. The third kappa shape index (κ3) is 2.43. The summed E-state index contributed by atoms with van der Waals surface area (Å²) in [6.45, 7) is 0.449. The number of amides is 1. The van der Waals surface area contributed by atoms with Crippen LogP contribution in [0.15, 0.2) is 55.1 Å². The molecule has 5 heterocycles. The van der Waals surface area contributed by atoms with E-state index in [1.54, 1.807) is 18.6 Å². The van der Waals surface area contributed by atoms with E-state index < -0.39 is 0 Å². The Bertz CT molecular complexity index is 1180. The van der Waals surface area contributed by atoms with Gasteiger partial charge in [0.05, 0.1) is 23.1 Å². The van der Waals surface area contributed by atoms with Crippen molar-refractivity contribution in [1.29, 1.82) is 0 Å². The van der Waals surface area contributed by atoms with Gasteiger partial charge in [-0.2, -0.15) is 0 Å². The molecule has 5 rings (SSSR count). The number of nitrogens with zero attached hydrogens (tertiary/aromatic N) is 4. The fourth-order valence-corrected chi connectivity index (χ4v) is 3.51. The van der Waals surface area contributed by atoms with Crippen LogP contribution in [-0.2, 0) is 13.6 Å². The van der Waals surface area contributed by atoms with Gasteiger partial charge >= 0.3 is 0 Å². The molecule has 132 valence electrons. The number of hydrogen-bond acceptors (Lipinski definition) is 5. The molecule has 4 aromatic rings. The number of pyridine rings is 3. The number of rotatable bonds is 3. The second-order valence-corrected chi connectivity index (χ2v) is 6.42. The molecule has 0 radical (unpaired) electrons. The molecule has 1 aliphatic rings. The average molecular weight is 356 g/mol. The molecule has 27 heavy (non-hydrogen) atoms. The largest absolute Gasteiger partial charge is 0.348 e. The molecule has 0 saturated carbocycles. The van der Waals surface area contributed by atoms with E-state index in [2.05, 4.69) is 20.6 Å². The van der Waals surface area contributed by atoms with E-state index >= 15 is 0 Å². The zero-order valence-electron chi connectivity index (χ0n) is 14.6. The molecule has 0 unspecified atom stereocenters. The van der Waals surface area contributed by atoms with Crippen molar-refractivity contribution in [2.24, 2.45) is 7.05 Å². The third-order valence-electron chi connectivity index (χ3n) is 4.78. The number of hydrogen-bond donors (Lipinski definition) is 2. The Hall–Kier alpha value is -3.74. The predicted octanol–water partition coefficient (Wildman–Crippen LogP) is 3.02. The maximum absolute atomic E-state index is 12.5. The van der Waals surface area contributed by atoms with Gasteiger partial charge < -0.3 is 15.2 Å². The van der Waals surface area contributed by atoms with Crippen LogP contribution in [-0.4, -0.2) is 25.4 Å². The van der Waals surface area contributed by atoms with Gasteiger partial charge in [0.25, 0.3) is 5.91 Å². The van der Waals surface area contributed by atoms with E-state index in [4.69, 9.17) is 4.98 Å². The fraction of sp³-hybridized carbons (Fsp3) is 0.100. The van der Waals surface area contributed by atoms with Crippen molar-refractivity contribution in [1.82, 2.24) is 24.8 Å². The fourth-order valence-electron chi connectivity index (χ4n) is 3.51. The van der Waals surface area contributed by atoms with Crippen LogP contribution in [0.3, 0.4) is 0 Å². The molecule has 0 spiro atoms. The Balaban J connectivity index is 1.68. The molecule has 0 saturated heterocycles. The van der Waals surface area contributed by atoms with Gasteiger partial charge in [-0.3, -0.25) is 9.78 Å². The Kier molecular flexibility index (Phi) is 3.39. The van der Waals surface area contributed by atoms with E-state index in [0.29, 0.717) is 23.6 Å². The standard InChI is InChI=1S/C20H16N6O/c1-26-9-6-13-12(5-8-22-19(13)26)18-14-10-24-20(27)17(14)15(11-23-18)25-16-4-2-3-7-21-16/h2-9,11H,10H2,1H3,(H,21,25)(H,24,27). The molecule has 1 amide bonds. The molecule has 0 fully saturated rings. The lowest BCUT2D eigenvalue weighted by atomic mass is 10.0. The summed E-state index contributed by atoms with van der Waals surface area (Å²) < 4.78 is 1.97. The molecular formula is C20H16N6O. The number of aromatic nitrogens is 4. The summed E-state index contributed by atoms with van der Waals surface area (Å²) in [7, 11) is 1.96. The van der Waals surface area contributed by atoms with Crippen molar-refractivity contribution in [3.05, 3.63) is 66.2 Å². The van der Waals surface area contributed by atoms with Crippen LogP contribution in [0.4, 0.5) is 11.5 Å². The summed E-state index contributed by atoms with van der Waals surface area (Å²) in [6.07, 6.45) is 7.15. The van der Waals surface area contributed by atoms with Gasteiger partial charge in [0.1, 0.15) is 11.5 Å². The SMILES string of the molecule is Cn1ccc2c(-c3ncc(Nc4ccccn4)c4c3CNC4=O)ccnc21. The maximum atomic E-state index is 12.5.